The van der Waals surface area contributed by atoms with Crippen LogP contribution in [0.25, 0.3) is 0 Å². The minimum absolute atomic E-state index is 0.0765. The average molecular weight is 448 g/mol. The molecule has 0 saturated carbocycles. The molecule has 1 fully saturated rings. The van der Waals surface area contributed by atoms with E-state index < -0.39 is 15.5 Å². The third kappa shape index (κ3) is 5.49. The van der Waals surface area contributed by atoms with E-state index in [2.05, 4.69) is 9.89 Å². The summed E-state index contributed by atoms with van der Waals surface area (Å²) in [4.78, 5) is 27.4. The molecule has 0 unspecified atom stereocenters. The van der Waals surface area contributed by atoms with E-state index in [0.717, 1.165) is 55.4 Å². The first-order valence-electron chi connectivity index (χ1n) is 10.2. The number of hydrogen-bond donors (Lipinski definition) is 0. The van der Waals surface area contributed by atoms with E-state index in [9.17, 15) is 20.2 Å². The highest BCUT2D eigenvalue weighted by molar-refractivity contribution is 5.82. The summed E-state index contributed by atoms with van der Waals surface area (Å²) in [5.74, 6) is 0.284. The maximum Gasteiger partial charge on any atom is 0.318 e. The van der Waals surface area contributed by atoms with E-state index in [4.69, 9.17) is 9.47 Å². The SMILES string of the molecule is O=[N+]([O-])c1ccc(Oc2ccc(C=Nc3ccc(N4CCOCC4)cc3)cc2)c([N+](=O)[O-])c1. The largest absolute Gasteiger partial charge is 0.450 e. The minimum atomic E-state index is -0.715. The molecule has 0 N–H and O–H groups in total. The maximum atomic E-state index is 11.2. The molecular weight excluding hydrogens is 428 g/mol. The van der Waals surface area contributed by atoms with Gasteiger partial charge in [-0.3, -0.25) is 25.2 Å². The summed E-state index contributed by atoms with van der Waals surface area (Å²) in [5, 5.41) is 22.1. The number of ether oxygens (including phenoxy) is 2. The highest BCUT2D eigenvalue weighted by atomic mass is 16.6. The highest BCUT2D eigenvalue weighted by Crippen LogP contribution is 2.34. The van der Waals surface area contributed by atoms with Crippen molar-refractivity contribution in [2.75, 3.05) is 31.2 Å². The number of anilines is 1. The molecule has 0 atom stereocenters. The topological polar surface area (TPSA) is 120 Å². The molecule has 3 aromatic carbocycles. The zero-order chi connectivity index (χ0) is 23.2. The second-order valence-corrected chi connectivity index (χ2v) is 7.21. The maximum absolute atomic E-state index is 11.2. The minimum Gasteiger partial charge on any atom is -0.450 e. The quantitative estimate of drug-likeness (QED) is 0.287. The summed E-state index contributed by atoms with van der Waals surface area (Å²) in [6.45, 7) is 3.22. The monoisotopic (exact) mass is 448 g/mol. The molecule has 10 nitrogen and oxygen atoms in total. The Balaban J connectivity index is 1.42. The van der Waals surface area contributed by atoms with E-state index in [0.29, 0.717) is 5.75 Å². The number of nitro benzene ring substituents is 2. The van der Waals surface area contributed by atoms with Crippen LogP contribution in [0.15, 0.2) is 71.7 Å². The number of nitrogens with zero attached hydrogens (tertiary/aromatic N) is 4. The van der Waals surface area contributed by atoms with Gasteiger partial charge in [0.1, 0.15) is 5.75 Å². The predicted octanol–water partition coefficient (Wildman–Crippen LogP) is 4.88. The first kappa shape index (κ1) is 21.9. The summed E-state index contributed by atoms with van der Waals surface area (Å²) in [6, 6.07) is 18.0. The van der Waals surface area contributed by atoms with Crippen LogP contribution in [0.2, 0.25) is 0 Å². The molecule has 0 radical (unpaired) electrons. The number of aliphatic imine (C=N–C) groups is 1. The normalized spacial score (nSPS) is 13.8. The second-order valence-electron chi connectivity index (χ2n) is 7.21. The number of nitro groups is 2. The van der Waals surface area contributed by atoms with Crippen molar-refractivity contribution in [2.45, 2.75) is 0 Å². The Hall–Kier alpha value is -4.31. The summed E-state index contributed by atoms with van der Waals surface area (Å²) in [5.41, 5.74) is 1.92. The predicted molar refractivity (Wildman–Crippen MR) is 123 cm³/mol. The van der Waals surface area contributed by atoms with Crippen molar-refractivity contribution < 1.29 is 19.3 Å². The van der Waals surface area contributed by atoms with E-state index in [1.165, 1.54) is 6.07 Å². The highest BCUT2D eigenvalue weighted by Gasteiger charge is 2.21. The fourth-order valence-electron chi connectivity index (χ4n) is 3.32. The number of morpholine rings is 1. The molecule has 168 valence electrons. The van der Waals surface area contributed by atoms with Crippen molar-refractivity contribution in [2.24, 2.45) is 4.99 Å². The Labute approximate surface area is 189 Å². The van der Waals surface area contributed by atoms with E-state index in [-0.39, 0.29) is 11.4 Å². The summed E-state index contributed by atoms with van der Waals surface area (Å²) < 4.78 is 10.9. The van der Waals surface area contributed by atoms with Gasteiger partial charge in [0, 0.05) is 31.1 Å². The van der Waals surface area contributed by atoms with Gasteiger partial charge in [0.2, 0.25) is 5.75 Å². The molecule has 10 heteroatoms. The number of hydrogen-bond acceptors (Lipinski definition) is 8. The second kappa shape index (κ2) is 9.88. The molecule has 0 aliphatic carbocycles. The zero-order valence-corrected chi connectivity index (χ0v) is 17.5. The first-order chi connectivity index (χ1) is 16.0. The van der Waals surface area contributed by atoms with Crippen LogP contribution in [0.4, 0.5) is 22.7 Å². The Morgan fingerprint density at radius 1 is 0.909 bits per heavy atom. The van der Waals surface area contributed by atoms with Crippen molar-refractivity contribution >= 4 is 29.0 Å². The summed E-state index contributed by atoms with van der Waals surface area (Å²) in [7, 11) is 0. The molecule has 1 saturated heterocycles. The van der Waals surface area contributed by atoms with Crippen molar-refractivity contribution in [3.8, 4) is 11.5 Å². The lowest BCUT2D eigenvalue weighted by atomic mass is 10.2. The molecule has 0 spiro atoms. The third-order valence-electron chi connectivity index (χ3n) is 5.05. The van der Waals surface area contributed by atoms with Crippen LogP contribution in [-0.4, -0.2) is 42.4 Å². The van der Waals surface area contributed by atoms with Crippen LogP contribution in [-0.2, 0) is 4.74 Å². The van der Waals surface area contributed by atoms with Crippen molar-refractivity contribution in [3.63, 3.8) is 0 Å². The fraction of sp³-hybridized carbons (Fsp3) is 0.174. The van der Waals surface area contributed by atoms with E-state index in [1.807, 2.05) is 24.3 Å². The lowest BCUT2D eigenvalue weighted by Gasteiger charge is -2.28. The van der Waals surface area contributed by atoms with Crippen LogP contribution in [0.3, 0.4) is 0 Å². The van der Waals surface area contributed by atoms with Crippen molar-refractivity contribution in [1.29, 1.82) is 0 Å². The lowest BCUT2D eigenvalue weighted by Crippen LogP contribution is -2.36. The molecule has 3 aromatic rings. The van der Waals surface area contributed by atoms with Crippen LogP contribution in [0.1, 0.15) is 5.56 Å². The van der Waals surface area contributed by atoms with Crippen LogP contribution >= 0.6 is 0 Å². The Morgan fingerprint density at radius 3 is 2.24 bits per heavy atom. The fourth-order valence-corrected chi connectivity index (χ4v) is 3.32. The van der Waals surface area contributed by atoms with Gasteiger partial charge < -0.3 is 14.4 Å². The van der Waals surface area contributed by atoms with Gasteiger partial charge >= 0.3 is 5.69 Å². The standard InChI is InChI=1S/C23H20N4O6/c28-26(29)20-7-10-23(22(15-20)27(30)31)33-21-8-1-17(2-9-21)16-24-18-3-5-19(6-4-18)25-11-13-32-14-12-25/h1-10,15-16H,11-14H2. The van der Waals surface area contributed by atoms with E-state index >= 15 is 0 Å². The van der Waals surface area contributed by atoms with Gasteiger partial charge in [-0.05, 0) is 60.2 Å². The van der Waals surface area contributed by atoms with Gasteiger partial charge in [-0.1, -0.05) is 0 Å². The van der Waals surface area contributed by atoms with Crippen LogP contribution < -0.4 is 9.64 Å². The summed E-state index contributed by atoms with van der Waals surface area (Å²) >= 11 is 0. The van der Waals surface area contributed by atoms with Gasteiger partial charge in [-0.15, -0.1) is 0 Å². The zero-order valence-electron chi connectivity index (χ0n) is 17.5. The third-order valence-corrected chi connectivity index (χ3v) is 5.05. The van der Waals surface area contributed by atoms with Gasteiger partial charge in [-0.2, -0.15) is 0 Å². The van der Waals surface area contributed by atoms with Crippen molar-refractivity contribution in [1.82, 2.24) is 0 Å². The van der Waals surface area contributed by atoms with Gasteiger partial charge in [0.05, 0.1) is 34.8 Å². The molecule has 1 aliphatic heterocycles. The number of non-ortho nitro benzene ring substituents is 1. The molecule has 33 heavy (non-hydrogen) atoms. The summed E-state index contributed by atoms with van der Waals surface area (Å²) in [6.07, 6.45) is 1.71. The molecule has 0 bridgehead atoms. The lowest BCUT2D eigenvalue weighted by molar-refractivity contribution is -0.394. The van der Waals surface area contributed by atoms with E-state index in [1.54, 1.807) is 30.5 Å². The Kier molecular flexibility index (Phi) is 6.56. The molecule has 1 aliphatic rings. The van der Waals surface area contributed by atoms with Crippen LogP contribution in [0, 0.1) is 20.2 Å². The van der Waals surface area contributed by atoms with Crippen molar-refractivity contribution in [3.05, 3.63) is 92.5 Å². The molecule has 0 amide bonds. The Bertz CT molecular complexity index is 1170. The van der Waals surface area contributed by atoms with Crippen LogP contribution in [0.5, 0.6) is 11.5 Å². The average Bonchev–Trinajstić information content (AvgIpc) is 2.84. The smallest absolute Gasteiger partial charge is 0.318 e. The number of benzene rings is 3. The molecular formula is C23H20N4O6. The van der Waals surface area contributed by atoms with Gasteiger partial charge in [0.25, 0.3) is 5.69 Å². The number of rotatable bonds is 7. The van der Waals surface area contributed by atoms with Gasteiger partial charge in [-0.25, -0.2) is 0 Å². The Morgan fingerprint density at radius 2 is 1.61 bits per heavy atom. The molecule has 0 aromatic heterocycles. The van der Waals surface area contributed by atoms with Gasteiger partial charge in [0.15, 0.2) is 0 Å². The first-order valence-corrected chi connectivity index (χ1v) is 10.2. The molecule has 1 heterocycles. The molecule has 4 rings (SSSR count).